The molecule has 1 saturated heterocycles. The van der Waals surface area contributed by atoms with Crippen LogP contribution in [-0.4, -0.2) is 40.8 Å². The van der Waals surface area contributed by atoms with Crippen LogP contribution in [-0.2, 0) is 4.74 Å². The molecule has 0 aromatic carbocycles. The number of hydrogen-bond donors (Lipinski definition) is 1. The van der Waals surface area contributed by atoms with Gasteiger partial charge in [0, 0.05) is 13.5 Å². The first-order valence-electron chi connectivity index (χ1n) is 7.66. The van der Waals surface area contributed by atoms with E-state index in [4.69, 9.17) is 9.26 Å². The second kappa shape index (κ2) is 7.10. The lowest BCUT2D eigenvalue weighted by Crippen LogP contribution is -2.48. The highest BCUT2D eigenvalue weighted by molar-refractivity contribution is 7.07. The molecule has 2 amide bonds. The molecule has 3 heterocycles. The summed E-state index contributed by atoms with van der Waals surface area (Å²) in [6.07, 6.45) is 0.636. The molecule has 1 fully saturated rings. The number of thiophene rings is 1. The highest BCUT2D eigenvalue weighted by Crippen LogP contribution is 2.24. The Bertz CT molecular complexity index is 643. The molecule has 0 aliphatic carbocycles. The number of ether oxygens (including phenoxy) is 1. The average molecular weight is 336 g/mol. The maximum Gasteiger partial charge on any atom is 0.318 e. The van der Waals surface area contributed by atoms with Gasteiger partial charge in [0.05, 0.1) is 19.2 Å². The van der Waals surface area contributed by atoms with Gasteiger partial charge in [0.1, 0.15) is 6.10 Å². The lowest BCUT2D eigenvalue weighted by molar-refractivity contribution is -0.0156. The smallest absolute Gasteiger partial charge is 0.318 e. The number of carbonyl (C=O) groups is 1. The number of aromatic nitrogens is 2. The van der Waals surface area contributed by atoms with E-state index < -0.39 is 0 Å². The topological polar surface area (TPSA) is 80.5 Å². The van der Waals surface area contributed by atoms with Crippen LogP contribution < -0.4 is 5.32 Å². The first-order valence-corrected chi connectivity index (χ1v) is 8.61. The largest absolute Gasteiger partial charge is 0.370 e. The zero-order valence-electron chi connectivity index (χ0n) is 13.2. The second-order valence-corrected chi connectivity index (χ2v) is 6.22. The van der Waals surface area contributed by atoms with Crippen molar-refractivity contribution in [3.8, 4) is 0 Å². The number of rotatable bonds is 4. The van der Waals surface area contributed by atoms with Gasteiger partial charge in [0.25, 0.3) is 0 Å². The third-order valence-electron chi connectivity index (χ3n) is 3.83. The molecule has 2 atom stereocenters. The number of nitrogens with zero attached hydrogens (tertiary/aromatic N) is 3. The molecule has 2 aromatic heterocycles. The number of amides is 2. The summed E-state index contributed by atoms with van der Waals surface area (Å²) in [5.41, 5.74) is 1.12. The standard InChI is InChI=1S/C15H20N4O3S/c1-3-12(14-16-10(2)22-18-14)17-15(20)19-5-6-21-13(8-19)11-4-7-23-9-11/h4,7,9,12-13H,3,5-6,8H2,1-2H3,(H,17,20). The SMILES string of the molecule is CCC(NC(=O)N1CCOC(c2ccsc2)C1)c1noc(C)n1. The van der Waals surface area contributed by atoms with E-state index in [1.165, 1.54) is 0 Å². The Morgan fingerprint density at radius 2 is 2.48 bits per heavy atom. The van der Waals surface area contributed by atoms with Crippen LogP contribution in [0.5, 0.6) is 0 Å². The van der Waals surface area contributed by atoms with E-state index in [1.807, 2.05) is 18.4 Å². The lowest BCUT2D eigenvalue weighted by atomic mass is 10.1. The van der Waals surface area contributed by atoms with Crippen LogP contribution in [0.15, 0.2) is 21.3 Å². The number of carbonyl (C=O) groups excluding carboxylic acids is 1. The van der Waals surface area contributed by atoms with E-state index in [2.05, 4.69) is 20.8 Å². The van der Waals surface area contributed by atoms with Gasteiger partial charge in [0.15, 0.2) is 5.82 Å². The molecule has 2 unspecified atom stereocenters. The van der Waals surface area contributed by atoms with Gasteiger partial charge in [-0.25, -0.2) is 4.79 Å². The second-order valence-electron chi connectivity index (χ2n) is 5.44. The van der Waals surface area contributed by atoms with Crippen molar-refractivity contribution in [2.24, 2.45) is 0 Å². The molecular formula is C15H20N4O3S. The maximum atomic E-state index is 12.5. The van der Waals surface area contributed by atoms with Crippen molar-refractivity contribution in [2.45, 2.75) is 32.4 Å². The molecule has 2 aromatic rings. The summed E-state index contributed by atoms with van der Waals surface area (Å²) < 4.78 is 10.8. The summed E-state index contributed by atoms with van der Waals surface area (Å²) in [7, 11) is 0. The van der Waals surface area contributed by atoms with Crippen LogP contribution in [0.1, 0.15) is 42.8 Å². The van der Waals surface area contributed by atoms with Gasteiger partial charge in [0.2, 0.25) is 5.89 Å². The molecule has 124 valence electrons. The molecule has 1 aliphatic heterocycles. The predicted molar refractivity (Wildman–Crippen MR) is 85.2 cm³/mol. The summed E-state index contributed by atoms with van der Waals surface area (Å²) >= 11 is 1.63. The Balaban J connectivity index is 1.62. The highest BCUT2D eigenvalue weighted by atomic mass is 32.1. The van der Waals surface area contributed by atoms with Crippen LogP contribution in [0.2, 0.25) is 0 Å². The number of aryl methyl sites for hydroxylation is 1. The van der Waals surface area contributed by atoms with Crippen LogP contribution in [0.25, 0.3) is 0 Å². The number of morpholine rings is 1. The van der Waals surface area contributed by atoms with Gasteiger partial charge in [-0.1, -0.05) is 12.1 Å². The fourth-order valence-corrected chi connectivity index (χ4v) is 3.24. The Kier molecular flexibility index (Phi) is 4.92. The van der Waals surface area contributed by atoms with Crippen molar-refractivity contribution in [2.75, 3.05) is 19.7 Å². The summed E-state index contributed by atoms with van der Waals surface area (Å²) in [4.78, 5) is 18.5. The Hall–Kier alpha value is -1.93. The van der Waals surface area contributed by atoms with Gasteiger partial charge in [-0.05, 0) is 28.8 Å². The van der Waals surface area contributed by atoms with Crippen LogP contribution in [0, 0.1) is 6.92 Å². The van der Waals surface area contributed by atoms with E-state index >= 15 is 0 Å². The Morgan fingerprint density at radius 3 is 3.13 bits per heavy atom. The first-order chi connectivity index (χ1) is 11.2. The van der Waals surface area contributed by atoms with Crippen molar-refractivity contribution < 1.29 is 14.1 Å². The van der Waals surface area contributed by atoms with Crippen LogP contribution in [0.3, 0.4) is 0 Å². The van der Waals surface area contributed by atoms with Crippen LogP contribution in [0.4, 0.5) is 4.79 Å². The number of nitrogens with one attached hydrogen (secondary N) is 1. The average Bonchev–Trinajstić information content (AvgIpc) is 3.24. The van der Waals surface area contributed by atoms with E-state index in [0.29, 0.717) is 37.8 Å². The zero-order chi connectivity index (χ0) is 16.2. The van der Waals surface area contributed by atoms with Gasteiger partial charge in [-0.15, -0.1) is 0 Å². The normalized spacial score (nSPS) is 19.6. The summed E-state index contributed by atoms with van der Waals surface area (Å²) in [6.45, 7) is 5.37. The third-order valence-corrected chi connectivity index (χ3v) is 4.53. The molecule has 0 bridgehead atoms. The Labute approximate surface area is 138 Å². The van der Waals surface area contributed by atoms with E-state index in [-0.39, 0.29) is 18.2 Å². The highest BCUT2D eigenvalue weighted by Gasteiger charge is 2.27. The molecule has 0 saturated carbocycles. The van der Waals surface area contributed by atoms with E-state index in [0.717, 1.165) is 5.56 Å². The lowest BCUT2D eigenvalue weighted by Gasteiger charge is -2.33. The van der Waals surface area contributed by atoms with E-state index in [9.17, 15) is 4.79 Å². The molecule has 0 radical (unpaired) electrons. The maximum absolute atomic E-state index is 12.5. The number of urea groups is 1. The molecule has 3 rings (SSSR count). The zero-order valence-corrected chi connectivity index (χ0v) is 14.0. The van der Waals surface area contributed by atoms with Gasteiger partial charge < -0.3 is 19.5 Å². The van der Waals surface area contributed by atoms with Crippen molar-refractivity contribution >= 4 is 17.4 Å². The van der Waals surface area contributed by atoms with Crippen molar-refractivity contribution in [3.05, 3.63) is 34.1 Å². The van der Waals surface area contributed by atoms with Gasteiger partial charge >= 0.3 is 6.03 Å². The number of hydrogen-bond acceptors (Lipinski definition) is 6. The minimum absolute atomic E-state index is 0.0618. The fourth-order valence-electron chi connectivity index (χ4n) is 2.54. The molecule has 7 nitrogen and oxygen atoms in total. The monoisotopic (exact) mass is 336 g/mol. The fraction of sp³-hybridized carbons (Fsp3) is 0.533. The van der Waals surface area contributed by atoms with Crippen molar-refractivity contribution in [1.82, 2.24) is 20.4 Å². The van der Waals surface area contributed by atoms with E-state index in [1.54, 1.807) is 23.2 Å². The summed E-state index contributed by atoms with van der Waals surface area (Å²) in [5.74, 6) is 1.01. The molecule has 0 spiro atoms. The molecule has 1 N–H and O–H groups in total. The molecular weight excluding hydrogens is 316 g/mol. The first kappa shape index (κ1) is 15.9. The summed E-state index contributed by atoms with van der Waals surface area (Å²) in [5, 5.41) is 11.0. The molecule has 23 heavy (non-hydrogen) atoms. The Morgan fingerprint density at radius 1 is 1.61 bits per heavy atom. The minimum atomic E-state index is -0.248. The summed E-state index contributed by atoms with van der Waals surface area (Å²) in [6, 6.07) is 1.67. The quantitative estimate of drug-likeness (QED) is 0.928. The minimum Gasteiger partial charge on any atom is -0.370 e. The molecule has 8 heteroatoms. The van der Waals surface area contributed by atoms with Crippen molar-refractivity contribution in [3.63, 3.8) is 0 Å². The van der Waals surface area contributed by atoms with Gasteiger partial charge in [-0.3, -0.25) is 0 Å². The van der Waals surface area contributed by atoms with Gasteiger partial charge in [-0.2, -0.15) is 16.3 Å². The molecule has 1 aliphatic rings. The van der Waals surface area contributed by atoms with Crippen molar-refractivity contribution in [1.29, 1.82) is 0 Å². The predicted octanol–water partition coefficient (Wildman–Crippen LogP) is 2.67. The third kappa shape index (κ3) is 3.70. The van der Waals surface area contributed by atoms with Crippen LogP contribution >= 0.6 is 11.3 Å².